The van der Waals surface area contributed by atoms with E-state index in [1.54, 1.807) is 26.0 Å². The fourth-order valence-electron chi connectivity index (χ4n) is 2.38. The van der Waals surface area contributed by atoms with Gasteiger partial charge >= 0.3 is 0 Å². The number of hydrogen-bond donors (Lipinski definition) is 2. The first-order valence-corrected chi connectivity index (χ1v) is 9.71. The summed E-state index contributed by atoms with van der Waals surface area (Å²) < 4.78 is 6.17. The number of nitro groups is 1. The van der Waals surface area contributed by atoms with Crippen LogP contribution in [0.15, 0.2) is 46.0 Å². The topological polar surface area (TPSA) is 123 Å². The molecule has 2 amide bonds. The lowest BCUT2D eigenvalue weighted by molar-refractivity contribution is -0.384. The van der Waals surface area contributed by atoms with E-state index in [9.17, 15) is 19.7 Å². The zero-order valence-corrected chi connectivity index (χ0v) is 18.3. The van der Waals surface area contributed by atoms with Gasteiger partial charge in [0.25, 0.3) is 11.6 Å². The summed E-state index contributed by atoms with van der Waals surface area (Å²) in [5.41, 5.74) is 4.67. The van der Waals surface area contributed by atoms with E-state index in [2.05, 4.69) is 31.8 Å². The third-order valence-electron chi connectivity index (χ3n) is 3.94. The molecule has 0 aliphatic heterocycles. The van der Waals surface area contributed by atoms with Crippen LogP contribution in [0.1, 0.15) is 24.5 Å². The van der Waals surface area contributed by atoms with Crippen LogP contribution in [0.2, 0.25) is 0 Å². The maximum atomic E-state index is 12.2. The number of nitrogens with one attached hydrogen (secondary N) is 2. The van der Waals surface area contributed by atoms with Gasteiger partial charge in [0.2, 0.25) is 5.91 Å². The molecule has 10 heteroatoms. The second-order valence-corrected chi connectivity index (χ2v) is 7.44. The Hall–Kier alpha value is -3.27. The highest BCUT2D eigenvalue weighted by atomic mass is 79.9. The number of ether oxygens (including phenoxy) is 1. The largest absolute Gasteiger partial charge is 0.483 e. The average Bonchev–Trinajstić information content (AvgIpc) is 2.67. The molecule has 0 unspecified atom stereocenters. The molecule has 0 spiro atoms. The molecule has 2 aromatic carbocycles. The minimum atomic E-state index is -0.533. The predicted octanol–water partition coefficient (Wildman–Crippen LogP) is 3.87. The number of anilines is 1. The van der Waals surface area contributed by atoms with Gasteiger partial charge in [-0.3, -0.25) is 19.7 Å². The number of hydrogen-bond acceptors (Lipinski definition) is 6. The van der Waals surface area contributed by atoms with Gasteiger partial charge in [0.1, 0.15) is 5.75 Å². The summed E-state index contributed by atoms with van der Waals surface area (Å²) in [7, 11) is 0. The van der Waals surface area contributed by atoms with Crippen molar-refractivity contribution in [3.05, 3.63) is 62.1 Å². The summed E-state index contributed by atoms with van der Waals surface area (Å²) in [5.74, 6) is -0.353. The third kappa shape index (κ3) is 6.96. The Morgan fingerprint density at radius 2 is 1.90 bits per heavy atom. The van der Waals surface area contributed by atoms with Crippen molar-refractivity contribution in [2.45, 2.75) is 27.2 Å². The zero-order valence-electron chi connectivity index (χ0n) is 16.7. The molecule has 0 saturated carbocycles. The maximum absolute atomic E-state index is 12.2. The van der Waals surface area contributed by atoms with Crippen molar-refractivity contribution in [3.8, 4) is 5.75 Å². The molecule has 158 valence electrons. The molecule has 0 heterocycles. The Balaban J connectivity index is 1.85. The molecular weight excluding hydrogens is 456 g/mol. The number of non-ortho nitro benzene ring substituents is 1. The fourth-order valence-corrected chi connectivity index (χ4v) is 2.99. The molecule has 30 heavy (non-hydrogen) atoms. The van der Waals surface area contributed by atoms with Crippen LogP contribution in [0.3, 0.4) is 0 Å². The number of benzene rings is 2. The van der Waals surface area contributed by atoms with Crippen molar-refractivity contribution in [2.75, 3.05) is 11.9 Å². The van der Waals surface area contributed by atoms with E-state index in [1.807, 2.05) is 19.1 Å². The Morgan fingerprint density at radius 3 is 2.57 bits per heavy atom. The van der Waals surface area contributed by atoms with Crippen LogP contribution in [0.4, 0.5) is 11.4 Å². The van der Waals surface area contributed by atoms with E-state index in [-0.39, 0.29) is 18.7 Å². The summed E-state index contributed by atoms with van der Waals surface area (Å²) in [6.45, 7) is 5.01. The molecule has 0 aliphatic carbocycles. The standard InChI is InChI=1S/C20H21BrN4O5/c1-12-4-7-18(16(21)8-12)30-11-20(27)24-23-14(3)9-19(26)22-17-10-15(25(28)29)6-5-13(17)2/h4-8,10H,9,11H2,1-3H3,(H,22,26)(H,24,27). The maximum Gasteiger partial charge on any atom is 0.277 e. The van der Waals surface area contributed by atoms with Gasteiger partial charge < -0.3 is 10.1 Å². The van der Waals surface area contributed by atoms with Gasteiger partial charge in [0, 0.05) is 17.8 Å². The Labute approximate surface area is 181 Å². The van der Waals surface area contributed by atoms with E-state index in [0.29, 0.717) is 22.7 Å². The number of rotatable bonds is 8. The van der Waals surface area contributed by atoms with Crippen LogP contribution in [-0.2, 0) is 9.59 Å². The fraction of sp³-hybridized carbons (Fsp3) is 0.250. The zero-order chi connectivity index (χ0) is 22.3. The first-order chi connectivity index (χ1) is 14.2. The molecule has 0 saturated heterocycles. The van der Waals surface area contributed by atoms with Gasteiger partial charge in [-0.2, -0.15) is 5.10 Å². The van der Waals surface area contributed by atoms with Gasteiger partial charge in [-0.05, 0) is 60.0 Å². The van der Waals surface area contributed by atoms with E-state index < -0.39 is 16.7 Å². The molecule has 9 nitrogen and oxygen atoms in total. The van der Waals surface area contributed by atoms with Crippen LogP contribution >= 0.6 is 15.9 Å². The van der Waals surface area contributed by atoms with Crippen LogP contribution < -0.4 is 15.5 Å². The van der Waals surface area contributed by atoms with Gasteiger partial charge in [-0.1, -0.05) is 12.1 Å². The Bertz CT molecular complexity index is 1010. The van der Waals surface area contributed by atoms with Crippen LogP contribution in [0, 0.1) is 24.0 Å². The van der Waals surface area contributed by atoms with Gasteiger partial charge in [-0.25, -0.2) is 5.43 Å². The lowest BCUT2D eigenvalue weighted by Gasteiger charge is -2.09. The van der Waals surface area contributed by atoms with Crippen molar-refractivity contribution in [3.63, 3.8) is 0 Å². The van der Waals surface area contributed by atoms with Gasteiger partial charge in [0.15, 0.2) is 6.61 Å². The monoisotopic (exact) mass is 476 g/mol. The molecule has 0 bridgehead atoms. The molecule has 0 atom stereocenters. The van der Waals surface area contributed by atoms with E-state index >= 15 is 0 Å². The van der Waals surface area contributed by atoms with Crippen molar-refractivity contribution in [1.29, 1.82) is 0 Å². The smallest absolute Gasteiger partial charge is 0.277 e. The normalized spacial score (nSPS) is 11.0. The average molecular weight is 477 g/mol. The lowest BCUT2D eigenvalue weighted by atomic mass is 10.1. The summed E-state index contributed by atoms with van der Waals surface area (Å²) in [6, 6.07) is 9.70. The van der Waals surface area contributed by atoms with Crippen LogP contribution in [0.25, 0.3) is 0 Å². The number of amides is 2. The molecule has 0 aromatic heterocycles. The van der Waals surface area contributed by atoms with Crippen molar-refractivity contribution >= 4 is 44.8 Å². The number of nitro benzene ring substituents is 1. The highest BCUT2D eigenvalue weighted by Gasteiger charge is 2.12. The second-order valence-electron chi connectivity index (χ2n) is 6.59. The summed E-state index contributed by atoms with van der Waals surface area (Å²) in [4.78, 5) is 34.4. The van der Waals surface area contributed by atoms with Crippen LogP contribution in [0.5, 0.6) is 5.75 Å². The van der Waals surface area contributed by atoms with Crippen molar-refractivity contribution in [2.24, 2.45) is 5.10 Å². The van der Waals surface area contributed by atoms with Crippen molar-refractivity contribution < 1.29 is 19.2 Å². The molecule has 2 N–H and O–H groups in total. The molecule has 0 fully saturated rings. The highest BCUT2D eigenvalue weighted by molar-refractivity contribution is 9.10. The predicted molar refractivity (Wildman–Crippen MR) is 117 cm³/mol. The molecule has 0 aliphatic rings. The lowest BCUT2D eigenvalue weighted by Crippen LogP contribution is -2.26. The number of nitrogens with zero attached hydrogens (tertiary/aromatic N) is 2. The number of hydrazone groups is 1. The highest BCUT2D eigenvalue weighted by Crippen LogP contribution is 2.25. The van der Waals surface area contributed by atoms with Crippen molar-refractivity contribution in [1.82, 2.24) is 5.43 Å². The number of carbonyl (C=O) groups excluding carboxylic acids is 2. The molecule has 2 rings (SSSR count). The minimum absolute atomic E-state index is 0.0905. The second kappa shape index (κ2) is 10.5. The van der Waals surface area contributed by atoms with Gasteiger partial charge in [0.05, 0.1) is 21.5 Å². The number of aryl methyl sites for hydroxylation is 2. The first kappa shape index (κ1) is 23.0. The quantitative estimate of drug-likeness (QED) is 0.340. The molecule has 2 aromatic rings. The van der Waals surface area contributed by atoms with E-state index in [4.69, 9.17) is 4.74 Å². The molecule has 0 radical (unpaired) electrons. The Morgan fingerprint density at radius 1 is 1.17 bits per heavy atom. The van der Waals surface area contributed by atoms with Gasteiger partial charge in [-0.15, -0.1) is 0 Å². The van der Waals surface area contributed by atoms with Crippen LogP contribution in [-0.4, -0.2) is 29.1 Å². The first-order valence-electron chi connectivity index (χ1n) is 8.91. The third-order valence-corrected chi connectivity index (χ3v) is 4.56. The summed E-state index contributed by atoms with van der Waals surface area (Å²) >= 11 is 3.37. The SMILES string of the molecule is CC(CC(=O)Nc1cc([N+](=O)[O-])ccc1C)=NNC(=O)COc1ccc(C)cc1Br. The number of carbonyl (C=O) groups is 2. The summed E-state index contributed by atoms with van der Waals surface area (Å²) in [5, 5.41) is 17.4. The summed E-state index contributed by atoms with van der Waals surface area (Å²) in [6.07, 6.45) is -0.0905. The number of halogens is 1. The molecular formula is C20H21BrN4O5. The Kier molecular flexibility index (Phi) is 8.05. The van der Waals surface area contributed by atoms with E-state index in [0.717, 1.165) is 10.0 Å². The minimum Gasteiger partial charge on any atom is -0.483 e. The van der Waals surface area contributed by atoms with E-state index in [1.165, 1.54) is 12.1 Å².